The van der Waals surface area contributed by atoms with Gasteiger partial charge in [-0.05, 0) is 28.1 Å². The van der Waals surface area contributed by atoms with Crippen LogP contribution in [0.5, 0.6) is 0 Å². The Hall–Kier alpha value is -0.920. The van der Waals surface area contributed by atoms with E-state index in [1.807, 2.05) is 12.1 Å². The summed E-state index contributed by atoms with van der Waals surface area (Å²) in [5, 5.41) is 0. The van der Waals surface area contributed by atoms with Crippen LogP contribution >= 0.6 is 27.3 Å². The van der Waals surface area contributed by atoms with E-state index in [9.17, 15) is 9.59 Å². The first-order valence-electron chi connectivity index (χ1n) is 6.17. The average Bonchev–Trinajstić information content (AvgIpc) is 2.92. The predicted molar refractivity (Wildman–Crippen MR) is 76.4 cm³/mol. The van der Waals surface area contributed by atoms with Gasteiger partial charge >= 0.3 is 11.9 Å². The lowest BCUT2D eigenvalue weighted by Crippen LogP contribution is -2.31. The fourth-order valence-electron chi connectivity index (χ4n) is 2.08. The zero-order chi connectivity index (χ0) is 14.7. The standard InChI is InChI=1S/C13H15BrO5S/c1-7(15)17-6-11-9(18-8(2)16)5-10(19-11)12-3-4-13(14)20-12/h3-4,9-11H,5-6H2,1-2H3/t9-,10?,11+/m0/s1. The first-order valence-corrected chi connectivity index (χ1v) is 7.78. The quantitative estimate of drug-likeness (QED) is 0.770. The van der Waals surface area contributed by atoms with Gasteiger partial charge in [-0.2, -0.15) is 0 Å². The van der Waals surface area contributed by atoms with E-state index in [4.69, 9.17) is 14.2 Å². The molecule has 1 aliphatic rings. The summed E-state index contributed by atoms with van der Waals surface area (Å²) in [5.74, 6) is -0.739. The molecule has 2 rings (SSSR count). The van der Waals surface area contributed by atoms with Gasteiger partial charge in [-0.1, -0.05) is 0 Å². The maximum absolute atomic E-state index is 11.1. The third-order valence-electron chi connectivity index (χ3n) is 2.88. The van der Waals surface area contributed by atoms with Gasteiger partial charge in [0.1, 0.15) is 18.8 Å². The lowest BCUT2D eigenvalue weighted by atomic mass is 10.1. The van der Waals surface area contributed by atoms with E-state index < -0.39 is 12.2 Å². The maximum atomic E-state index is 11.1. The molecule has 0 spiro atoms. The molecule has 1 fully saturated rings. The number of esters is 2. The summed E-state index contributed by atoms with van der Waals surface area (Å²) in [4.78, 5) is 23.1. The van der Waals surface area contributed by atoms with Crippen LogP contribution in [-0.2, 0) is 23.8 Å². The van der Waals surface area contributed by atoms with Crippen LogP contribution in [0.1, 0.15) is 31.2 Å². The molecule has 1 saturated heterocycles. The van der Waals surface area contributed by atoms with E-state index in [0.29, 0.717) is 6.42 Å². The SMILES string of the molecule is CC(=O)OC[C@H]1OC(c2ccc(Br)s2)C[C@@H]1OC(C)=O. The van der Waals surface area contributed by atoms with Gasteiger partial charge < -0.3 is 14.2 Å². The van der Waals surface area contributed by atoms with E-state index in [2.05, 4.69) is 15.9 Å². The Morgan fingerprint density at radius 1 is 1.40 bits per heavy atom. The zero-order valence-corrected chi connectivity index (χ0v) is 13.5. The Kier molecular flexibility index (Phi) is 5.17. The number of rotatable bonds is 4. The predicted octanol–water partition coefficient (Wildman–Crippen LogP) is 2.84. The molecule has 0 saturated carbocycles. The van der Waals surface area contributed by atoms with Crippen LogP contribution in [0.15, 0.2) is 15.9 Å². The van der Waals surface area contributed by atoms with Crippen LogP contribution in [-0.4, -0.2) is 30.8 Å². The largest absolute Gasteiger partial charge is 0.463 e. The number of hydrogen-bond acceptors (Lipinski definition) is 6. The average molecular weight is 363 g/mol. The summed E-state index contributed by atoms with van der Waals surface area (Å²) in [5.41, 5.74) is 0. The molecule has 3 atom stereocenters. The van der Waals surface area contributed by atoms with E-state index in [0.717, 1.165) is 8.66 Å². The molecule has 0 aliphatic carbocycles. The van der Waals surface area contributed by atoms with Crippen LogP contribution in [0, 0.1) is 0 Å². The molecule has 1 aromatic rings. The Labute approximate surface area is 129 Å². The second-order valence-electron chi connectivity index (χ2n) is 4.49. The van der Waals surface area contributed by atoms with E-state index in [1.165, 1.54) is 13.8 Å². The van der Waals surface area contributed by atoms with Crippen molar-refractivity contribution in [3.63, 3.8) is 0 Å². The topological polar surface area (TPSA) is 61.8 Å². The third-order valence-corrected chi connectivity index (χ3v) is 4.60. The van der Waals surface area contributed by atoms with Crippen molar-refractivity contribution in [3.05, 3.63) is 20.8 Å². The third kappa shape index (κ3) is 4.04. The number of carbonyl (C=O) groups is 2. The molecule has 20 heavy (non-hydrogen) atoms. The van der Waals surface area contributed by atoms with Crippen LogP contribution in [0.2, 0.25) is 0 Å². The van der Waals surface area contributed by atoms with Crippen LogP contribution in [0.4, 0.5) is 0 Å². The molecular weight excluding hydrogens is 348 g/mol. The van der Waals surface area contributed by atoms with Crippen LogP contribution in [0.3, 0.4) is 0 Å². The molecule has 5 nitrogen and oxygen atoms in total. The molecule has 1 aliphatic heterocycles. The highest BCUT2D eigenvalue weighted by Gasteiger charge is 2.39. The molecule has 0 radical (unpaired) electrons. The minimum absolute atomic E-state index is 0.0936. The monoisotopic (exact) mass is 362 g/mol. The molecular formula is C13H15BrO5S. The molecule has 0 N–H and O–H groups in total. The van der Waals surface area contributed by atoms with Gasteiger partial charge in [0, 0.05) is 25.1 Å². The molecule has 1 aromatic heterocycles. The number of thiophene rings is 1. The molecule has 0 amide bonds. The van der Waals surface area contributed by atoms with E-state index >= 15 is 0 Å². The summed E-state index contributed by atoms with van der Waals surface area (Å²) in [7, 11) is 0. The Morgan fingerprint density at radius 3 is 2.70 bits per heavy atom. The highest BCUT2D eigenvalue weighted by atomic mass is 79.9. The Balaban J connectivity index is 2.04. The normalized spacial score (nSPS) is 25.4. The van der Waals surface area contributed by atoms with Gasteiger partial charge in [0.2, 0.25) is 0 Å². The molecule has 2 heterocycles. The smallest absolute Gasteiger partial charge is 0.302 e. The molecule has 7 heteroatoms. The number of ether oxygens (including phenoxy) is 3. The highest BCUT2D eigenvalue weighted by Crippen LogP contribution is 2.39. The van der Waals surface area contributed by atoms with Crippen molar-refractivity contribution in [2.75, 3.05) is 6.61 Å². The number of carbonyl (C=O) groups excluding carboxylic acids is 2. The van der Waals surface area contributed by atoms with Gasteiger partial charge in [-0.3, -0.25) is 9.59 Å². The van der Waals surface area contributed by atoms with Crippen molar-refractivity contribution in [2.45, 2.75) is 38.6 Å². The summed E-state index contributed by atoms with van der Waals surface area (Å²) >= 11 is 4.98. The second kappa shape index (κ2) is 6.69. The molecule has 1 unspecified atom stereocenters. The fourth-order valence-corrected chi connectivity index (χ4v) is 3.56. The van der Waals surface area contributed by atoms with Gasteiger partial charge in [0.05, 0.1) is 9.89 Å². The second-order valence-corrected chi connectivity index (χ2v) is 6.99. The molecule has 110 valence electrons. The lowest BCUT2D eigenvalue weighted by Gasteiger charge is -2.17. The van der Waals surface area contributed by atoms with Crippen LogP contribution < -0.4 is 0 Å². The Morgan fingerprint density at radius 2 is 2.15 bits per heavy atom. The lowest BCUT2D eigenvalue weighted by molar-refractivity contribution is -0.154. The first-order chi connectivity index (χ1) is 9.45. The summed E-state index contributed by atoms with van der Waals surface area (Å²) in [6, 6.07) is 3.92. The summed E-state index contributed by atoms with van der Waals surface area (Å²) < 4.78 is 17.1. The number of hydrogen-bond donors (Lipinski definition) is 0. The maximum Gasteiger partial charge on any atom is 0.302 e. The van der Waals surface area contributed by atoms with Gasteiger partial charge in [-0.15, -0.1) is 11.3 Å². The van der Waals surface area contributed by atoms with Gasteiger partial charge in [-0.25, -0.2) is 0 Å². The van der Waals surface area contributed by atoms with E-state index in [1.54, 1.807) is 11.3 Å². The first kappa shape index (κ1) is 15.5. The molecule has 0 aromatic carbocycles. The highest BCUT2D eigenvalue weighted by molar-refractivity contribution is 9.11. The van der Waals surface area contributed by atoms with Crippen molar-refractivity contribution in [1.29, 1.82) is 0 Å². The minimum Gasteiger partial charge on any atom is -0.463 e. The minimum atomic E-state index is -0.423. The zero-order valence-electron chi connectivity index (χ0n) is 11.1. The number of halogens is 1. The summed E-state index contributed by atoms with van der Waals surface area (Å²) in [6.45, 7) is 2.79. The van der Waals surface area contributed by atoms with Gasteiger partial charge in [0.25, 0.3) is 0 Å². The summed E-state index contributed by atoms with van der Waals surface area (Å²) in [6.07, 6.45) is -0.388. The van der Waals surface area contributed by atoms with E-state index in [-0.39, 0.29) is 24.6 Å². The van der Waals surface area contributed by atoms with Gasteiger partial charge in [0.15, 0.2) is 0 Å². The fraction of sp³-hybridized carbons (Fsp3) is 0.538. The molecule has 0 bridgehead atoms. The van der Waals surface area contributed by atoms with Crippen molar-refractivity contribution in [1.82, 2.24) is 0 Å². The van der Waals surface area contributed by atoms with Crippen LogP contribution in [0.25, 0.3) is 0 Å². The van der Waals surface area contributed by atoms with Crippen molar-refractivity contribution in [3.8, 4) is 0 Å². The van der Waals surface area contributed by atoms with Crippen molar-refractivity contribution in [2.24, 2.45) is 0 Å². The Bertz CT molecular complexity index is 501. The van der Waals surface area contributed by atoms with Crippen molar-refractivity contribution < 1.29 is 23.8 Å². The van der Waals surface area contributed by atoms with Crippen molar-refractivity contribution >= 4 is 39.2 Å².